The lowest BCUT2D eigenvalue weighted by Crippen LogP contribution is -2.66. The van der Waals surface area contributed by atoms with Crippen LogP contribution < -0.4 is 10.6 Å². The number of hydrogen-bond donors (Lipinski definition) is 5. The van der Waals surface area contributed by atoms with Crippen LogP contribution in [0.3, 0.4) is 0 Å². The summed E-state index contributed by atoms with van der Waals surface area (Å²) in [5.41, 5.74) is 0.555. The highest BCUT2D eigenvalue weighted by Crippen LogP contribution is 2.77. The van der Waals surface area contributed by atoms with Gasteiger partial charge in [-0.3, -0.25) is 19.2 Å². The van der Waals surface area contributed by atoms with Crippen LogP contribution in [-0.2, 0) is 19.1 Å². The van der Waals surface area contributed by atoms with Gasteiger partial charge in [-0.05, 0) is 133 Å². The fraction of sp³-hybridized carbons (Fsp3) is 0.755. The Morgan fingerprint density at radius 2 is 1.57 bits per heavy atom. The quantitative estimate of drug-likeness (QED) is 0.131. The minimum atomic E-state index is -1.75. The SMILES string of the molecule is [2H]C(CO)(CNC[C@H](O)[C@@]12CC[C@]3(C)[C@H](CC[C@@H]4[C@@]5(C)CC[C@H](OC(=O)[C@H]6C[C@@H](C(=O)O)C6(C)C)C(C)(C)[C@@H]5CC[C@]43C)C1=C(C(C)C)C(=O)C2)NC(=O)c1ccc(Cl)cc1. The number of carboxylic acid groups (broad SMARTS) is 1. The largest absolute Gasteiger partial charge is 0.481 e. The van der Waals surface area contributed by atoms with E-state index in [-0.39, 0.29) is 70.9 Å². The summed E-state index contributed by atoms with van der Waals surface area (Å²) in [6.07, 6.45) is 6.66. The van der Waals surface area contributed by atoms with Crippen molar-refractivity contribution >= 4 is 35.2 Å². The van der Waals surface area contributed by atoms with Gasteiger partial charge in [0.2, 0.25) is 0 Å². The number of ketones is 1. The highest BCUT2D eigenvalue weighted by molar-refractivity contribution is 6.30. The second-order valence-electron chi connectivity index (χ2n) is 22.0. The van der Waals surface area contributed by atoms with Gasteiger partial charge >= 0.3 is 11.9 Å². The molecule has 5 N–H and O–H groups in total. The number of halogens is 1. The van der Waals surface area contributed by atoms with Crippen molar-refractivity contribution < 1.29 is 40.6 Å². The van der Waals surface area contributed by atoms with Gasteiger partial charge in [-0.1, -0.05) is 79.5 Å². The molecule has 5 fully saturated rings. The lowest BCUT2D eigenvalue weighted by atomic mass is 9.33. The van der Waals surface area contributed by atoms with Crippen LogP contribution in [0.1, 0.15) is 138 Å². The minimum absolute atomic E-state index is 0.00309. The van der Waals surface area contributed by atoms with Crippen LogP contribution in [0, 0.1) is 68.0 Å². The van der Waals surface area contributed by atoms with Crippen LogP contribution in [-0.4, -0.2) is 76.9 Å². The lowest BCUT2D eigenvalue weighted by molar-refractivity contribution is -0.238. The maximum atomic E-state index is 14.2. The Morgan fingerprint density at radius 1 is 0.883 bits per heavy atom. The molecule has 0 radical (unpaired) electrons. The van der Waals surface area contributed by atoms with Crippen molar-refractivity contribution in [3.63, 3.8) is 0 Å². The van der Waals surface area contributed by atoms with Crippen molar-refractivity contribution in [2.75, 3.05) is 19.7 Å². The number of aliphatic carboxylic acids is 1. The molecule has 1 aromatic rings. The van der Waals surface area contributed by atoms with Gasteiger partial charge in [0.15, 0.2) is 5.78 Å². The first kappa shape index (κ1) is 43.8. The molecule has 332 valence electrons. The molecule has 1 unspecified atom stereocenters. The van der Waals surface area contributed by atoms with E-state index in [1.54, 1.807) is 24.3 Å². The van der Waals surface area contributed by atoms with Crippen molar-refractivity contribution in [2.24, 2.45) is 68.0 Å². The fourth-order valence-electron chi connectivity index (χ4n) is 14.8. The predicted octanol–water partition coefficient (Wildman–Crippen LogP) is 8.02. The summed E-state index contributed by atoms with van der Waals surface area (Å²) in [7, 11) is 0. The molecule has 0 aliphatic heterocycles. The number of ether oxygens (including phenoxy) is 1. The molecule has 12 atom stereocenters. The number of benzene rings is 1. The first-order valence-corrected chi connectivity index (χ1v) is 23.0. The van der Waals surface area contributed by atoms with Gasteiger partial charge in [0, 0.05) is 40.9 Å². The summed E-state index contributed by atoms with van der Waals surface area (Å²) in [6, 6.07) is 4.55. The zero-order valence-electron chi connectivity index (χ0n) is 38.4. The normalized spacial score (nSPS) is 39.5. The molecular formula is C49H71ClN2O8. The number of carbonyl (C=O) groups excluding carboxylic acids is 3. The Morgan fingerprint density at radius 3 is 2.18 bits per heavy atom. The summed E-state index contributed by atoms with van der Waals surface area (Å²) in [4.78, 5) is 52.6. The van der Waals surface area contributed by atoms with Gasteiger partial charge in [-0.2, -0.15) is 0 Å². The smallest absolute Gasteiger partial charge is 0.309 e. The van der Waals surface area contributed by atoms with E-state index in [1.165, 1.54) is 0 Å². The van der Waals surface area contributed by atoms with Crippen LogP contribution in [0.4, 0.5) is 0 Å². The van der Waals surface area contributed by atoms with Gasteiger partial charge < -0.3 is 30.7 Å². The Hall–Kier alpha value is -2.79. The molecule has 1 aromatic carbocycles. The number of allylic oxidation sites excluding steroid dienone is 1. The standard InChI is InChI=1S/C49H71ClN2O8/c1-27(2)39-34(54)23-49(37(55)25-51-24-30(26-53)52-41(56)28-10-12-29(50)13-11-28)21-20-47(8)31(40(39)49)14-15-36-46(7)18-17-38(45(5,6)35(46)16-19-48(36,47)9)60-43(59)33-22-32(42(57)58)44(33,3)4/h10-13,27,30-33,35-38,51,53,55H,14-26H2,1-9H3,(H,52,56)(H,57,58)/t30?,31-,32+,33-,35+,36-,37+,38+,46+,47-,48-,49+/m1/s1/i30D. The average Bonchev–Trinajstić information content (AvgIpc) is 3.49. The highest BCUT2D eigenvalue weighted by atomic mass is 35.5. The van der Waals surface area contributed by atoms with Crippen LogP contribution in [0.15, 0.2) is 35.4 Å². The van der Waals surface area contributed by atoms with Crippen molar-refractivity contribution in [1.82, 2.24) is 10.6 Å². The number of rotatable bonds is 12. The summed E-state index contributed by atoms with van der Waals surface area (Å²) in [5.74, 6) is -1.58. The summed E-state index contributed by atoms with van der Waals surface area (Å²) < 4.78 is 15.3. The van der Waals surface area contributed by atoms with Crippen molar-refractivity contribution in [1.29, 1.82) is 0 Å². The summed E-state index contributed by atoms with van der Waals surface area (Å²) in [6.45, 7) is 19.3. The minimum Gasteiger partial charge on any atom is -0.481 e. The Kier molecular flexibility index (Phi) is 11.5. The molecular weight excluding hydrogens is 780 g/mol. The predicted molar refractivity (Wildman–Crippen MR) is 231 cm³/mol. The summed E-state index contributed by atoms with van der Waals surface area (Å²) in [5, 5.41) is 38.5. The third-order valence-corrected chi connectivity index (χ3v) is 18.7. The van der Waals surface area contributed by atoms with E-state index < -0.39 is 53.3 Å². The molecule has 6 aliphatic rings. The van der Waals surface area contributed by atoms with Crippen LogP contribution >= 0.6 is 11.6 Å². The molecule has 0 heterocycles. The zero-order chi connectivity index (χ0) is 44.9. The maximum Gasteiger partial charge on any atom is 0.309 e. The van der Waals surface area contributed by atoms with Crippen LogP contribution in [0.5, 0.6) is 0 Å². The number of amides is 1. The Labute approximate surface area is 363 Å². The lowest BCUT2D eigenvalue weighted by Gasteiger charge is -2.72. The average molecular weight is 853 g/mol. The molecule has 11 heteroatoms. The van der Waals surface area contributed by atoms with E-state index in [4.69, 9.17) is 17.7 Å². The summed E-state index contributed by atoms with van der Waals surface area (Å²) >= 11 is 5.99. The number of Topliss-reactive ketones (excluding diaryl/α,β-unsaturated/α-hetero) is 1. The van der Waals surface area contributed by atoms with E-state index in [1.807, 2.05) is 13.8 Å². The van der Waals surface area contributed by atoms with Crippen molar-refractivity contribution in [2.45, 2.75) is 145 Å². The van der Waals surface area contributed by atoms with E-state index in [2.05, 4.69) is 59.1 Å². The first-order valence-electron chi connectivity index (χ1n) is 23.1. The van der Waals surface area contributed by atoms with E-state index in [0.717, 1.165) is 56.1 Å². The number of fused-ring (bicyclic) bond motifs is 7. The zero-order valence-corrected chi connectivity index (χ0v) is 38.1. The highest BCUT2D eigenvalue weighted by Gasteiger charge is 2.71. The second kappa shape index (κ2) is 15.8. The number of carbonyl (C=O) groups is 4. The van der Waals surface area contributed by atoms with Crippen molar-refractivity contribution in [3.05, 3.63) is 46.0 Å². The number of nitrogens with one attached hydrogen (secondary N) is 2. The number of hydrogen-bond acceptors (Lipinski definition) is 8. The number of aliphatic hydroxyl groups excluding tert-OH is 2. The second-order valence-corrected chi connectivity index (χ2v) is 22.4. The first-order chi connectivity index (χ1) is 28.3. The Bertz CT molecular complexity index is 1970. The van der Waals surface area contributed by atoms with E-state index in [9.17, 15) is 34.5 Å². The monoisotopic (exact) mass is 851 g/mol. The third kappa shape index (κ3) is 6.91. The van der Waals surface area contributed by atoms with Gasteiger partial charge in [-0.15, -0.1) is 0 Å². The molecule has 5 saturated carbocycles. The molecule has 7 rings (SSSR count). The van der Waals surface area contributed by atoms with Crippen LogP contribution in [0.2, 0.25) is 5.02 Å². The number of carboxylic acids is 1. The van der Waals surface area contributed by atoms with Gasteiger partial charge in [0.1, 0.15) is 6.10 Å². The van der Waals surface area contributed by atoms with E-state index >= 15 is 0 Å². The number of aliphatic hydroxyl groups is 2. The van der Waals surface area contributed by atoms with E-state index in [0.29, 0.717) is 35.3 Å². The van der Waals surface area contributed by atoms with Crippen molar-refractivity contribution in [3.8, 4) is 0 Å². The third-order valence-electron chi connectivity index (χ3n) is 18.4. The molecule has 6 aliphatic carbocycles. The fourth-order valence-corrected chi connectivity index (χ4v) is 14.9. The van der Waals surface area contributed by atoms with Crippen LogP contribution in [0.25, 0.3) is 0 Å². The van der Waals surface area contributed by atoms with Gasteiger partial charge in [0.05, 0.1) is 31.9 Å². The number of esters is 1. The molecule has 10 nitrogen and oxygen atoms in total. The molecule has 1 amide bonds. The van der Waals surface area contributed by atoms with Gasteiger partial charge in [-0.25, -0.2) is 0 Å². The Balaban J connectivity index is 1.09. The maximum absolute atomic E-state index is 14.2. The molecule has 0 aromatic heterocycles. The molecule has 0 saturated heterocycles. The molecule has 60 heavy (non-hydrogen) atoms. The molecule has 0 spiro atoms. The topological polar surface area (TPSA) is 162 Å². The molecule has 0 bridgehead atoms. The van der Waals surface area contributed by atoms with Gasteiger partial charge in [0.25, 0.3) is 5.91 Å².